The Bertz CT molecular complexity index is 3100. The van der Waals surface area contributed by atoms with Crippen molar-refractivity contribution in [1.82, 2.24) is 0 Å². The van der Waals surface area contributed by atoms with Gasteiger partial charge in [0, 0.05) is 28.8 Å². The molecule has 0 saturated heterocycles. The van der Waals surface area contributed by atoms with Crippen LogP contribution in [0.2, 0.25) is 0 Å². The molecule has 0 aromatic heterocycles. The lowest BCUT2D eigenvalue weighted by Crippen LogP contribution is -2.24. The van der Waals surface area contributed by atoms with E-state index in [0.717, 1.165) is 11.4 Å². The standard InChI is InChI=1S/C57H41N/c1-38-29-31-43(32-30-38)58(54-35-42-23-11-12-24-45(42)46-25-13-15-27-48(46)54)44-33-34-50-53(36-44)47-26-14-16-28-49(47)56-52(40-19-7-3-8-20-40)37-51(39-17-5-2-6-18-39)55(57(50)56)41-21-9-4-10-22-41/h2-37,42,45H,1H3. The van der Waals surface area contributed by atoms with Crippen LogP contribution in [0.5, 0.6) is 0 Å². The average molecular weight is 740 g/mol. The first-order valence-corrected chi connectivity index (χ1v) is 20.4. The first-order valence-electron chi connectivity index (χ1n) is 20.4. The molecule has 2 unspecified atom stereocenters. The molecule has 0 saturated carbocycles. The van der Waals surface area contributed by atoms with Gasteiger partial charge in [-0.2, -0.15) is 0 Å². The number of aryl methyl sites for hydroxylation is 1. The summed E-state index contributed by atoms with van der Waals surface area (Å²) in [6.45, 7) is 2.16. The fraction of sp³-hybridized carbons (Fsp3) is 0.0526. The highest BCUT2D eigenvalue weighted by atomic mass is 15.2. The fourth-order valence-electron chi connectivity index (χ4n) is 9.58. The van der Waals surface area contributed by atoms with Gasteiger partial charge in [0.25, 0.3) is 0 Å². The maximum Gasteiger partial charge on any atom is 0.0503 e. The zero-order valence-electron chi connectivity index (χ0n) is 32.4. The van der Waals surface area contributed by atoms with Gasteiger partial charge in [-0.3, -0.25) is 0 Å². The van der Waals surface area contributed by atoms with E-state index in [-0.39, 0.29) is 5.92 Å². The van der Waals surface area contributed by atoms with Crippen LogP contribution in [0.1, 0.15) is 22.6 Å². The molecule has 2 aliphatic rings. The topological polar surface area (TPSA) is 3.24 Å². The molecule has 274 valence electrons. The first kappa shape index (κ1) is 34.1. The Morgan fingerprint density at radius 2 is 1.00 bits per heavy atom. The van der Waals surface area contributed by atoms with Crippen molar-refractivity contribution >= 4 is 49.4 Å². The molecule has 9 aromatic carbocycles. The molecular weight excluding hydrogens is 699 g/mol. The molecule has 9 aromatic rings. The van der Waals surface area contributed by atoms with E-state index in [4.69, 9.17) is 0 Å². The van der Waals surface area contributed by atoms with Crippen LogP contribution in [0.3, 0.4) is 0 Å². The van der Waals surface area contributed by atoms with Crippen LogP contribution >= 0.6 is 0 Å². The summed E-state index contributed by atoms with van der Waals surface area (Å²) in [5.41, 5.74) is 14.7. The maximum absolute atomic E-state index is 2.49. The zero-order chi connectivity index (χ0) is 38.6. The molecule has 58 heavy (non-hydrogen) atoms. The minimum absolute atomic E-state index is 0.273. The van der Waals surface area contributed by atoms with E-state index in [2.05, 4.69) is 230 Å². The minimum Gasteiger partial charge on any atom is -0.310 e. The molecule has 0 amide bonds. The van der Waals surface area contributed by atoms with Gasteiger partial charge in [-0.05, 0) is 109 Å². The largest absolute Gasteiger partial charge is 0.310 e. The Kier molecular flexibility index (Phi) is 8.26. The second kappa shape index (κ2) is 14.1. The summed E-state index contributed by atoms with van der Waals surface area (Å²) in [6, 6.07) is 69.5. The van der Waals surface area contributed by atoms with E-state index in [0.29, 0.717) is 5.92 Å². The van der Waals surface area contributed by atoms with Crippen molar-refractivity contribution in [3.8, 4) is 33.4 Å². The third kappa shape index (κ3) is 5.62. The normalized spacial score (nSPS) is 15.6. The Morgan fingerprint density at radius 1 is 0.414 bits per heavy atom. The van der Waals surface area contributed by atoms with Gasteiger partial charge in [0.05, 0.1) is 5.70 Å². The third-order valence-corrected chi connectivity index (χ3v) is 12.2. The van der Waals surface area contributed by atoms with Crippen molar-refractivity contribution in [2.24, 2.45) is 5.92 Å². The Balaban J connectivity index is 1.26. The van der Waals surface area contributed by atoms with Gasteiger partial charge in [-0.15, -0.1) is 0 Å². The lowest BCUT2D eigenvalue weighted by Gasteiger charge is -2.36. The van der Waals surface area contributed by atoms with Crippen LogP contribution in [0.4, 0.5) is 11.4 Å². The Morgan fingerprint density at radius 3 is 1.74 bits per heavy atom. The Hall–Kier alpha value is -7.22. The lowest BCUT2D eigenvalue weighted by molar-refractivity contribution is 0.686. The summed E-state index contributed by atoms with van der Waals surface area (Å²) in [7, 11) is 0. The average Bonchev–Trinajstić information content (AvgIpc) is 3.30. The summed E-state index contributed by atoms with van der Waals surface area (Å²) in [5, 5.41) is 7.54. The molecule has 2 aliphatic carbocycles. The number of hydrogen-bond acceptors (Lipinski definition) is 1. The maximum atomic E-state index is 2.49. The van der Waals surface area contributed by atoms with E-state index in [1.165, 1.54) is 88.1 Å². The van der Waals surface area contributed by atoms with Crippen molar-refractivity contribution in [3.05, 3.63) is 235 Å². The highest BCUT2D eigenvalue weighted by Gasteiger charge is 2.31. The van der Waals surface area contributed by atoms with Crippen molar-refractivity contribution < 1.29 is 0 Å². The summed E-state index contributed by atoms with van der Waals surface area (Å²) >= 11 is 0. The lowest BCUT2D eigenvalue weighted by atomic mass is 9.75. The molecule has 0 N–H and O–H groups in total. The number of hydrogen-bond donors (Lipinski definition) is 0. The quantitative estimate of drug-likeness (QED) is 0.154. The second-order valence-electron chi connectivity index (χ2n) is 15.7. The number of fused-ring (bicyclic) bond motifs is 9. The van der Waals surface area contributed by atoms with E-state index in [9.17, 15) is 0 Å². The third-order valence-electron chi connectivity index (χ3n) is 12.2. The van der Waals surface area contributed by atoms with Gasteiger partial charge in [-0.1, -0.05) is 194 Å². The van der Waals surface area contributed by atoms with Gasteiger partial charge in [0.15, 0.2) is 0 Å². The summed E-state index contributed by atoms with van der Waals surface area (Å²) in [6.07, 6.45) is 11.6. The molecule has 0 heterocycles. The molecule has 1 nitrogen and oxygen atoms in total. The molecule has 1 heteroatoms. The second-order valence-corrected chi connectivity index (χ2v) is 15.7. The Labute approximate surface area is 340 Å². The summed E-state index contributed by atoms with van der Waals surface area (Å²) in [4.78, 5) is 2.49. The molecule has 2 atom stereocenters. The SMILES string of the molecule is Cc1ccc(N(C2=CC3C=CC=CC3c3ccccc32)c2ccc3c(c2)c2ccccc2c2c(-c4ccccc4)cc(-c4ccccc4)c(-c4ccccc4)c32)cc1. The number of anilines is 2. The predicted molar refractivity (Wildman–Crippen MR) is 248 cm³/mol. The van der Waals surface area contributed by atoms with E-state index in [1.54, 1.807) is 0 Å². The minimum atomic E-state index is 0.273. The predicted octanol–water partition coefficient (Wildman–Crippen LogP) is 15.5. The molecule has 0 aliphatic heterocycles. The smallest absolute Gasteiger partial charge is 0.0503 e. The molecule has 11 rings (SSSR count). The number of rotatable bonds is 6. The van der Waals surface area contributed by atoms with Crippen LogP contribution in [0.25, 0.3) is 71.4 Å². The van der Waals surface area contributed by atoms with Gasteiger partial charge in [0.1, 0.15) is 0 Å². The number of benzene rings is 9. The van der Waals surface area contributed by atoms with Crippen LogP contribution in [0, 0.1) is 12.8 Å². The molecular formula is C57H41N. The van der Waals surface area contributed by atoms with Gasteiger partial charge in [0.2, 0.25) is 0 Å². The van der Waals surface area contributed by atoms with Gasteiger partial charge in [-0.25, -0.2) is 0 Å². The number of allylic oxidation sites excluding steroid dienone is 5. The zero-order valence-corrected chi connectivity index (χ0v) is 32.4. The molecule has 0 radical (unpaired) electrons. The van der Waals surface area contributed by atoms with E-state index in [1.807, 2.05) is 0 Å². The molecule has 0 fully saturated rings. The number of nitrogens with zero attached hydrogens (tertiary/aromatic N) is 1. The van der Waals surface area contributed by atoms with Crippen molar-refractivity contribution in [2.45, 2.75) is 12.8 Å². The van der Waals surface area contributed by atoms with Crippen LogP contribution in [-0.2, 0) is 0 Å². The first-order chi connectivity index (χ1) is 28.7. The van der Waals surface area contributed by atoms with E-state index >= 15 is 0 Å². The molecule has 0 spiro atoms. The van der Waals surface area contributed by atoms with E-state index < -0.39 is 0 Å². The highest BCUT2D eigenvalue weighted by molar-refractivity contribution is 6.33. The van der Waals surface area contributed by atoms with Crippen LogP contribution in [-0.4, -0.2) is 0 Å². The van der Waals surface area contributed by atoms with Gasteiger partial charge >= 0.3 is 0 Å². The summed E-state index contributed by atoms with van der Waals surface area (Å²) in [5.74, 6) is 0.597. The highest BCUT2D eigenvalue weighted by Crippen LogP contribution is 2.51. The van der Waals surface area contributed by atoms with Gasteiger partial charge < -0.3 is 4.90 Å². The summed E-state index contributed by atoms with van der Waals surface area (Å²) < 4.78 is 0. The monoisotopic (exact) mass is 739 g/mol. The van der Waals surface area contributed by atoms with Crippen molar-refractivity contribution in [2.75, 3.05) is 4.90 Å². The van der Waals surface area contributed by atoms with Crippen molar-refractivity contribution in [3.63, 3.8) is 0 Å². The molecule has 0 bridgehead atoms. The van der Waals surface area contributed by atoms with Crippen molar-refractivity contribution in [1.29, 1.82) is 0 Å². The van der Waals surface area contributed by atoms with Crippen LogP contribution in [0.15, 0.2) is 218 Å². The van der Waals surface area contributed by atoms with Crippen LogP contribution < -0.4 is 4.90 Å². The fourth-order valence-corrected chi connectivity index (χ4v) is 9.58.